The number of nitrogens with zero attached hydrogens (tertiary/aromatic N) is 1. The van der Waals surface area contributed by atoms with Crippen LogP contribution >= 0.6 is 0 Å². The molecule has 1 fully saturated rings. The molecule has 106 valence electrons. The van der Waals surface area contributed by atoms with E-state index in [9.17, 15) is 0 Å². The summed E-state index contributed by atoms with van der Waals surface area (Å²) in [5.74, 6) is 1.82. The van der Waals surface area contributed by atoms with E-state index < -0.39 is 0 Å². The molecule has 0 amide bonds. The Morgan fingerprint density at radius 3 is 2.79 bits per heavy atom. The van der Waals surface area contributed by atoms with Crippen LogP contribution in [0, 0.1) is 19.8 Å². The van der Waals surface area contributed by atoms with Gasteiger partial charge in [-0.2, -0.15) is 0 Å². The Morgan fingerprint density at radius 2 is 2.16 bits per heavy atom. The third kappa shape index (κ3) is 3.71. The van der Waals surface area contributed by atoms with Crippen molar-refractivity contribution >= 4 is 0 Å². The van der Waals surface area contributed by atoms with Crippen molar-refractivity contribution in [2.45, 2.75) is 26.8 Å². The van der Waals surface area contributed by atoms with Gasteiger partial charge in [0.25, 0.3) is 0 Å². The van der Waals surface area contributed by atoms with Gasteiger partial charge in [0.1, 0.15) is 5.75 Å². The van der Waals surface area contributed by atoms with E-state index in [0.717, 1.165) is 31.3 Å². The van der Waals surface area contributed by atoms with E-state index >= 15 is 0 Å². The van der Waals surface area contributed by atoms with Gasteiger partial charge >= 0.3 is 0 Å². The molecule has 0 aromatic heterocycles. The summed E-state index contributed by atoms with van der Waals surface area (Å²) in [4.78, 5) is 2.41. The number of hydrogen-bond donors (Lipinski definition) is 1. The van der Waals surface area contributed by atoms with Gasteiger partial charge in [-0.05, 0) is 63.5 Å². The zero-order valence-electron chi connectivity index (χ0n) is 12.6. The molecule has 2 rings (SSSR count). The molecule has 3 heteroatoms. The molecular weight excluding hydrogens is 236 g/mol. The third-order valence-electron chi connectivity index (χ3n) is 3.96. The molecule has 1 atom stereocenters. The minimum atomic E-state index is 0.793. The standard InChI is InChI=1S/C16H26N2O/c1-12-7-13(2)15(16(8-12)19-4)11-18(3)10-14-5-6-17-9-14/h7-8,14,17H,5-6,9-11H2,1-4H3. The average Bonchev–Trinajstić information content (AvgIpc) is 2.85. The number of hydrogen-bond acceptors (Lipinski definition) is 3. The average molecular weight is 262 g/mol. The van der Waals surface area contributed by atoms with Crippen molar-refractivity contribution in [3.8, 4) is 5.75 Å². The Labute approximate surface area is 116 Å². The van der Waals surface area contributed by atoms with Gasteiger partial charge in [-0.25, -0.2) is 0 Å². The Morgan fingerprint density at radius 1 is 1.37 bits per heavy atom. The van der Waals surface area contributed by atoms with Gasteiger partial charge in [0.05, 0.1) is 7.11 Å². The number of methoxy groups -OCH3 is 1. The van der Waals surface area contributed by atoms with Crippen LogP contribution in [0.3, 0.4) is 0 Å². The molecule has 1 aromatic carbocycles. The summed E-state index contributed by atoms with van der Waals surface area (Å²) >= 11 is 0. The van der Waals surface area contributed by atoms with Crippen molar-refractivity contribution in [3.63, 3.8) is 0 Å². The molecule has 0 aliphatic carbocycles. The molecule has 1 saturated heterocycles. The van der Waals surface area contributed by atoms with Crippen molar-refractivity contribution in [2.24, 2.45) is 5.92 Å². The molecule has 19 heavy (non-hydrogen) atoms. The maximum atomic E-state index is 5.54. The summed E-state index contributed by atoms with van der Waals surface area (Å²) in [5.41, 5.74) is 3.91. The lowest BCUT2D eigenvalue weighted by Gasteiger charge is -2.23. The third-order valence-corrected chi connectivity index (χ3v) is 3.96. The Kier molecular flexibility index (Phi) is 4.83. The van der Waals surface area contributed by atoms with Gasteiger partial charge in [0.15, 0.2) is 0 Å². The van der Waals surface area contributed by atoms with E-state index in [1.165, 1.54) is 29.7 Å². The Bertz CT molecular complexity index is 425. The largest absolute Gasteiger partial charge is 0.496 e. The van der Waals surface area contributed by atoms with Crippen LogP contribution < -0.4 is 10.1 Å². The van der Waals surface area contributed by atoms with Crippen LogP contribution in [0.1, 0.15) is 23.1 Å². The van der Waals surface area contributed by atoms with Gasteiger partial charge in [0, 0.05) is 18.7 Å². The lowest BCUT2D eigenvalue weighted by Crippen LogP contribution is -2.27. The summed E-state index contributed by atoms with van der Waals surface area (Å²) in [6.45, 7) is 8.75. The molecule has 0 bridgehead atoms. The topological polar surface area (TPSA) is 24.5 Å². The molecule has 3 nitrogen and oxygen atoms in total. The first-order valence-electron chi connectivity index (χ1n) is 7.13. The predicted octanol–water partition coefficient (Wildman–Crippen LogP) is 2.35. The van der Waals surface area contributed by atoms with Gasteiger partial charge in [0.2, 0.25) is 0 Å². The quantitative estimate of drug-likeness (QED) is 0.881. The zero-order chi connectivity index (χ0) is 13.8. The minimum Gasteiger partial charge on any atom is -0.496 e. The lowest BCUT2D eigenvalue weighted by molar-refractivity contribution is 0.273. The molecule has 1 N–H and O–H groups in total. The zero-order valence-corrected chi connectivity index (χ0v) is 12.6. The van der Waals surface area contributed by atoms with Crippen LogP contribution in [-0.4, -0.2) is 38.7 Å². The van der Waals surface area contributed by atoms with Crippen LogP contribution in [0.2, 0.25) is 0 Å². The van der Waals surface area contributed by atoms with Gasteiger partial charge in [-0.1, -0.05) is 6.07 Å². The number of aryl methyl sites for hydroxylation is 2. The normalized spacial score (nSPS) is 19.1. The molecule has 1 unspecified atom stereocenters. The molecular formula is C16H26N2O. The summed E-state index contributed by atoms with van der Waals surface area (Å²) in [5, 5.41) is 3.43. The molecule has 1 aromatic rings. The first-order valence-corrected chi connectivity index (χ1v) is 7.13. The maximum Gasteiger partial charge on any atom is 0.123 e. The fraction of sp³-hybridized carbons (Fsp3) is 0.625. The number of nitrogens with one attached hydrogen (secondary N) is 1. The van der Waals surface area contributed by atoms with E-state index in [4.69, 9.17) is 4.74 Å². The minimum absolute atomic E-state index is 0.793. The summed E-state index contributed by atoms with van der Waals surface area (Å²) < 4.78 is 5.54. The highest BCUT2D eigenvalue weighted by atomic mass is 16.5. The summed E-state index contributed by atoms with van der Waals surface area (Å²) in [7, 11) is 3.97. The van der Waals surface area contributed by atoms with Crippen molar-refractivity contribution in [2.75, 3.05) is 33.8 Å². The van der Waals surface area contributed by atoms with Crippen molar-refractivity contribution in [1.29, 1.82) is 0 Å². The molecule has 0 spiro atoms. The number of rotatable bonds is 5. The summed E-state index contributed by atoms with van der Waals surface area (Å²) in [6.07, 6.45) is 1.30. The second-order valence-corrected chi connectivity index (χ2v) is 5.82. The molecule has 1 heterocycles. The second-order valence-electron chi connectivity index (χ2n) is 5.82. The smallest absolute Gasteiger partial charge is 0.123 e. The monoisotopic (exact) mass is 262 g/mol. The van der Waals surface area contributed by atoms with Crippen LogP contribution in [-0.2, 0) is 6.54 Å². The van der Waals surface area contributed by atoms with Gasteiger partial charge < -0.3 is 15.0 Å². The molecule has 0 saturated carbocycles. The van der Waals surface area contributed by atoms with Crippen molar-refractivity contribution in [3.05, 3.63) is 28.8 Å². The highest BCUT2D eigenvalue weighted by molar-refractivity contribution is 5.42. The van der Waals surface area contributed by atoms with E-state index in [2.05, 4.69) is 43.2 Å². The molecule has 1 aliphatic rings. The SMILES string of the molecule is COc1cc(C)cc(C)c1CN(C)CC1CCNC1. The van der Waals surface area contributed by atoms with E-state index in [1.54, 1.807) is 7.11 Å². The molecule has 0 radical (unpaired) electrons. The van der Waals surface area contributed by atoms with Crippen LogP contribution in [0.15, 0.2) is 12.1 Å². The van der Waals surface area contributed by atoms with Crippen molar-refractivity contribution < 1.29 is 4.74 Å². The second kappa shape index (κ2) is 6.40. The highest BCUT2D eigenvalue weighted by Crippen LogP contribution is 2.25. The van der Waals surface area contributed by atoms with Crippen LogP contribution in [0.4, 0.5) is 0 Å². The number of ether oxygens (including phenoxy) is 1. The maximum absolute atomic E-state index is 5.54. The fourth-order valence-corrected chi connectivity index (χ4v) is 2.99. The predicted molar refractivity (Wildman–Crippen MR) is 79.8 cm³/mol. The summed E-state index contributed by atoms with van der Waals surface area (Å²) in [6, 6.07) is 4.37. The Hall–Kier alpha value is -1.06. The van der Waals surface area contributed by atoms with Crippen LogP contribution in [0.25, 0.3) is 0 Å². The first-order chi connectivity index (χ1) is 9.10. The highest BCUT2D eigenvalue weighted by Gasteiger charge is 2.17. The van der Waals surface area contributed by atoms with E-state index in [0.29, 0.717) is 0 Å². The van der Waals surface area contributed by atoms with E-state index in [1.807, 2.05) is 0 Å². The molecule has 1 aliphatic heterocycles. The van der Waals surface area contributed by atoms with Gasteiger partial charge in [-0.3, -0.25) is 0 Å². The van der Waals surface area contributed by atoms with Gasteiger partial charge in [-0.15, -0.1) is 0 Å². The first kappa shape index (κ1) is 14.4. The van der Waals surface area contributed by atoms with E-state index in [-0.39, 0.29) is 0 Å². The Balaban J connectivity index is 2.04. The van der Waals surface area contributed by atoms with Crippen LogP contribution in [0.5, 0.6) is 5.75 Å². The number of benzene rings is 1. The lowest BCUT2D eigenvalue weighted by atomic mass is 10.0. The fourth-order valence-electron chi connectivity index (χ4n) is 2.99. The van der Waals surface area contributed by atoms with Crippen molar-refractivity contribution in [1.82, 2.24) is 10.2 Å².